The molecule has 1 aromatic heterocycles. The number of hydrogen-bond donors (Lipinski definition) is 0. The van der Waals surface area contributed by atoms with Gasteiger partial charge in [0.05, 0.1) is 23.2 Å². The summed E-state index contributed by atoms with van der Waals surface area (Å²) >= 11 is 0. The minimum atomic E-state index is -4.55. The molecule has 0 amide bonds. The third kappa shape index (κ3) is 2.89. The number of hydrogen-bond acceptors (Lipinski definition) is 4. The van der Waals surface area contributed by atoms with Crippen LogP contribution in [-0.2, 0) is 6.18 Å². The largest absolute Gasteiger partial charge is 0.417 e. The summed E-state index contributed by atoms with van der Waals surface area (Å²) in [5.41, 5.74) is -0.105. The SMILES string of the molecule is Cc1cc([C@H]2CCCN2c2ccc(C#N)c(C(F)(F)F)c2)no1. The first-order chi connectivity index (χ1) is 10.9. The van der Waals surface area contributed by atoms with Gasteiger partial charge in [-0.3, -0.25) is 0 Å². The van der Waals surface area contributed by atoms with E-state index < -0.39 is 11.7 Å². The number of alkyl halides is 3. The Morgan fingerprint density at radius 2 is 2.13 bits per heavy atom. The maximum atomic E-state index is 13.1. The lowest BCUT2D eigenvalue weighted by Gasteiger charge is -2.26. The van der Waals surface area contributed by atoms with E-state index in [2.05, 4.69) is 5.16 Å². The van der Waals surface area contributed by atoms with Crippen molar-refractivity contribution in [2.75, 3.05) is 11.4 Å². The Bertz CT molecular complexity index is 761. The van der Waals surface area contributed by atoms with Crippen molar-refractivity contribution in [3.05, 3.63) is 46.8 Å². The summed E-state index contributed by atoms with van der Waals surface area (Å²) < 4.78 is 44.5. The maximum Gasteiger partial charge on any atom is 0.417 e. The molecule has 1 aliphatic heterocycles. The Hall–Kier alpha value is -2.49. The fraction of sp³-hybridized carbons (Fsp3) is 0.375. The van der Waals surface area contributed by atoms with Crippen LogP contribution in [-0.4, -0.2) is 11.7 Å². The summed E-state index contributed by atoms with van der Waals surface area (Å²) in [6.07, 6.45) is -2.90. The predicted molar refractivity (Wildman–Crippen MR) is 76.7 cm³/mol. The number of nitrogens with zero attached hydrogens (tertiary/aromatic N) is 3. The molecule has 3 rings (SSSR count). The van der Waals surface area contributed by atoms with Gasteiger partial charge in [0, 0.05) is 18.3 Å². The molecule has 1 aliphatic rings. The highest BCUT2D eigenvalue weighted by atomic mass is 19.4. The molecule has 0 saturated carbocycles. The third-order valence-corrected chi connectivity index (χ3v) is 4.00. The van der Waals surface area contributed by atoms with E-state index in [9.17, 15) is 13.2 Å². The number of anilines is 1. The summed E-state index contributed by atoms with van der Waals surface area (Å²) in [4.78, 5) is 1.88. The molecule has 0 unspecified atom stereocenters. The average molecular weight is 321 g/mol. The molecule has 23 heavy (non-hydrogen) atoms. The second-order valence-electron chi connectivity index (χ2n) is 5.55. The fourth-order valence-electron chi connectivity index (χ4n) is 2.97. The fourth-order valence-corrected chi connectivity index (χ4v) is 2.97. The molecule has 0 aliphatic carbocycles. The second kappa shape index (κ2) is 5.61. The molecule has 120 valence electrons. The van der Waals surface area contributed by atoms with Gasteiger partial charge in [-0.05, 0) is 38.0 Å². The Morgan fingerprint density at radius 1 is 1.35 bits per heavy atom. The van der Waals surface area contributed by atoms with Gasteiger partial charge in [-0.15, -0.1) is 0 Å². The first-order valence-corrected chi connectivity index (χ1v) is 7.21. The number of nitriles is 1. The predicted octanol–water partition coefficient (Wildman–Crippen LogP) is 4.22. The summed E-state index contributed by atoms with van der Waals surface area (Å²) in [7, 11) is 0. The van der Waals surface area contributed by atoms with Crippen molar-refractivity contribution in [3.8, 4) is 6.07 Å². The van der Waals surface area contributed by atoms with Gasteiger partial charge < -0.3 is 9.42 Å². The molecule has 0 N–H and O–H groups in total. The number of rotatable bonds is 2. The minimum absolute atomic E-state index is 0.110. The molecule has 0 bridgehead atoms. The zero-order chi connectivity index (χ0) is 16.6. The summed E-state index contributed by atoms with van der Waals surface area (Å²) in [5.74, 6) is 0.669. The topological polar surface area (TPSA) is 53.1 Å². The van der Waals surface area contributed by atoms with Crippen LogP contribution in [0.5, 0.6) is 0 Å². The van der Waals surface area contributed by atoms with Crippen LogP contribution >= 0.6 is 0 Å². The standard InChI is InChI=1S/C16H14F3N3O/c1-10-7-14(21-23-10)15-3-2-6-22(15)12-5-4-11(9-20)13(8-12)16(17,18)19/h4-5,7-8,15H,2-3,6H2,1H3/t15-/m1/s1. The van der Waals surface area contributed by atoms with Crippen LogP contribution in [0.15, 0.2) is 28.8 Å². The van der Waals surface area contributed by atoms with Crippen LogP contribution in [0.1, 0.15) is 41.5 Å². The van der Waals surface area contributed by atoms with E-state index in [1.54, 1.807) is 25.1 Å². The molecule has 4 nitrogen and oxygen atoms in total. The highest BCUT2D eigenvalue weighted by molar-refractivity contribution is 5.56. The minimum Gasteiger partial charge on any atom is -0.363 e. The van der Waals surface area contributed by atoms with Crippen LogP contribution in [0, 0.1) is 18.3 Å². The van der Waals surface area contributed by atoms with Crippen molar-refractivity contribution in [2.24, 2.45) is 0 Å². The molecule has 7 heteroatoms. The monoisotopic (exact) mass is 321 g/mol. The van der Waals surface area contributed by atoms with Gasteiger partial charge in [0.2, 0.25) is 0 Å². The van der Waals surface area contributed by atoms with E-state index in [-0.39, 0.29) is 11.6 Å². The zero-order valence-corrected chi connectivity index (χ0v) is 12.4. The van der Waals surface area contributed by atoms with E-state index in [1.165, 1.54) is 6.07 Å². The van der Waals surface area contributed by atoms with Gasteiger partial charge in [0.15, 0.2) is 0 Å². The van der Waals surface area contributed by atoms with Crippen molar-refractivity contribution in [1.82, 2.24) is 5.16 Å². The summed E-state index contributed by atoms with van der Waals surface area (Å²) in [5, 5.41) is 12.9. The average Bonchev–Trinajstić information content (AvgIpc) is 3.14. The van der Waals surface area contributed by atoms with Gasteiger partial charge in [0.25, 0.3) is 0 Å². The lowest BCUT2D eigenvalue weighted by molar-refractivity contribution is -0.137. The highest BCUT2D eigenvalue weighted by Gasteiger charge is 2.36. The highest BCUT2D eigenvalue weighted by Crippen LogP contribution is 2.39. The van der Waals surface area contributed by atoms with E-state index in [0.29, 0.717) is 18.0 Å². The van der Waals surface area contributed by atoms with Gasteiger partial charge >= 0.3 is 6.18 Å². The summed E-state index contributed by atoms with van der Waals surface area (Å²) in [6.45, 7) is 2.42. The number of benzene rings is 1. The van der Waals surface area contributed by atoms with Gasteiger partial charge in [-0.1, -0.05) is 5.16 Å². The number of aromatic nitrogens is 1. The maximum absolute atomic E-state index is 13.1. The molecular formula is C16H14F3N3O. The number of halogens is 3. The Morgan fingerprint density at radius 3 is 2.74 bits per heavy atom. The van der Waals surface area contributed by atoms with Gasteiger partial charge in [-0.2, -0.15) is 18.4 Å². The van der Waals surface area contributed by atoms with Crippen molar-refractivity contribution < 1.29 is 17.7 Å². The van der Waals surface area contributed by atoms with Crippen molar-refractivity contribution >= 4 is 5.69 Å². The van der Waals surface area contributed by atoms with Crippen LogP contribution in [0.2, 0.25) is 0 Å². The van der Waals surface area contributed by atoms with Crippen LogP contribution in [0.25, 0.3) is 0 Å². The smallest absolute Gasteiger partial charge is 0.363 e. The van der Waals surface area contributed by atoms with Crippen LogP contribution in [0.4, 0.5) is 18.9 Å². The number of aryl methyl sites for hydroxylation is 1. The second-order valence-corrected chi connectivity index (χ2v) is 5.55. The summed E-state index contributed by atoms with van der Waals surface area (Å²) in [6, 6.07) is 7.12. The van der Waals surface area contributed by atoms with Crippen molar-refractivity contribution in [3.63, 3.8) is 0 Å². The first kappa shape index (κ1) is 15.4. The normalized spacial score (nSPS) is 18.2. The van der Waals surface area contributed by atoms with E-state index in [4.69, 9.17) is 9.78 Å². The van der Waals surface area contributed by atoms with E-state index in [1.807, 2.05) is 4.90 Å². The molecule has 0 radical (unpaired) electrons. The van der Waals surface area contributed by atoms with E-state index >= 15 is 0 Å². The van der Waals surface area contributed by atoms with E-state index in [0.717, 1.165) is 24.6 Å². The van der Waals surface area contributed by atoms with Gasteiger partial charge in [0.1, 0.15) is 11.5 Å². The lowest BCUT2D eigenvalue weighted by atomic mass is 10.1. The van der Waals surface area contributed by atoms with Crippen molar-refractivity contribution in [1.29, 1.82) is 5.26 Å². The Labute approximate surface area is 131 Å². The first-order valence-electron chi connectivity index (χ1n) is 7.21. The zero-order valence-electron chi connectivity index (χ0n) is 12.4. The molecule has 1 fully saturated rings. The lowest BCUT2D eigenvalue weighted by Crippen LogP contribution is -2.23. The van der Waals surface area contributed by atoms with Crippen LogP contribution < -0.4 is 4.90 Å². The molecular weight excluding hydrogens is 307 g/mol. The molecule has 2 heterocycles. The third-order valence-electron chi connectivity index (χ3n) is 4.00. The van der Waals surface area contributed by atoms with Crippen molar-refractivity contribution in [2.45, 2.75) is 32.0 Å². The molecule has 0 spiro atoms. The van der Waals surface area contributed by atoms with Crippen LogP contribution in [0.3, 0.4) is 0 Å². The Kier molecular flexibility index (Phi) is 3.76. The molecule has 2 aromatic rings. The van der Waals surface area contributed by atoms with Gasteiger partial charge in [-0.25, -0.2) is 0 Å². The quantitative estimate of drug-likeness (QED) is 0.831. The molecule has 1 atom stereocenters. The molecule has 1 saturated heterocycles. The Balaban J connectivity index is 1.99. The molecule has 1 aromatic carbocycles.